The molecule has 1 fully saturated rings. The zero-order chi connectivity index (χ0) is 12.1. The summed E-state index contributed by atoms with van der Waals surface area (Å²) in [5, 5.41) is 7.68. The van der Waals surface area contributed by atoms with Crippen LogP contribution in [0.2, 0.25) is 0 Å². The van der Waals surface area contributed by atoms with Gasteiger partial charge in [0.2, 0.25) is 0 Å². The van der Waals surface area contributed by atoms with Gasteiger partial charge in [-0.1, -0.05) is 0 Å². The Labute approximate surface area is 104 Å². The molecule has 1 atom stereocenters. The Hall–Kier alpha value is -0.870. The van der Waals surface area contributed by atoms with E-state index < -0.39 is 0 Å². The quantitative estimate of drug-likeness (QED) is 0.835. The van der Waals surface area contributed by atoms with Gasteiger partial charge in [0.05, 0.1) is 6.20 Å². The van der Waals surface area contributed by atoms with Crippen LogP contribution in [-0.4, -0.2) is 41.4 Å². The molecule has 96 valence electrons. The number of aryl methyl sites for hydroxylation is 1. The second kappa shape index (κ2) is 6.17. The Balaban J connectivity index is 1.68. The number of aromatic nitrogens is 2. The maximum absolute atomic E-state index is 4.20. The van der Waals surface area contributed by atoms with Crippen molar-refractivity contribution in [3.8, 4) is 0 Å². The lowest BCUT2D eigenvalue weighted by molar-refractivity contribution is 0.268. The summed E-state index contributed by atoms with van der Waals surface area (Å²) in [6, 6.07) is 0. The molecule has 17 heavy (non-hydrogen) atoms. The first-order chi connectivity index (χ1) is 8.24. The molecule has 4 nitrogen and oxygen atoms in total. The minimum atomic E-state index is 0.875. The highest BCUT2D eigenvalue weighted by Gasteiger charge is 2.13. The molecule has 0 amide bonds. The lowest BCUT2D eigenvalue weighted by Gasteiger charge is -2.25. The van der Waals surface area contributed by atoms with Gasteiger partial charge in [0.25, 0.3) is 0 Å². The topological polar surface area (TPSA) is 33.1 Å². The van der Waals surface area contributed by atoms with Crippen molar-refractivity contribution in [1.82, 2.24) is 20.0 Å². The molecule has 1 saturated heterocycles. The highest BCUT2D eigenvalue weighted by molar-refractivity contribution is 5.02. The van der Waals surface area contributed by atoms with Gasteiger partial charge in [0.15, 0.2) is 0 Å². The van der Waals surface area contributed by atoms with Crippen LogP contribution >= 0.6 is 0 Å². The van der Waals surface area contributed by atoms with Crippen LogP contribution in [0.25, 0.3) is 0 Å². The summed E-state index contributed by atoms with van der Waals surface area (Å²) in [5.74, 6) is 0.875. The molecule has 0 aliphatic carbocycles. The van der Waals surface area contributed by atoms with Gasteiger partial charge >= 0.3 is 0 Å². The molecule has 4 heteroatoms. The smallest absolute Gasteiger partial charge is 0.0534 e. The highest BCUT2D eigenvalue weighted by atomic mass is 15.2. The van der Waals surface area contributed by atoms with Gasteiger partial charge in [-0.25, -0.2) is 0 Å². The van der Waals surface area contributed by atoms with E-state index in [-0.39, 0.29) is 0 Å². The van der Waals surface area contributed by atoms with E-state index in [0.29, 0.717) is 0 Å². The maximum Gasteiger partial charge on any atom is 0.0534 e. The molecular formula is C13H24N4. The zero-order valence-electron chi connectivity index (χ0n) is 11.0. The van der Waals surface area contributed by atoms with Crippen molar-refractivity contribution in [3.05, 3.63) is 18.0 Å². The maximum atomic E-state index is 4.20. The average molecular weight is 236 g/mol. The van der Waals surface area contributed by atoms with E-state index >= 15 is 0 Å². The fraction of sp³-hybridized carbons (Fsp3) is 0.769. The number of nitrogens with zero attached hydrogens (tertiary/aromatic N) is 3. The third-order valence-electron chi connectivity index (χ3n) is 3.53. The molecule has 2 heterocycles. The van der Waals surface area contributed by atoms with E-state index in [4.69, 9.17) is 0 Å². The van der Waals surface area contributed by atoms with Crippen LogP contribution in [0.15, 0.2) is 12.4 Å². The van der Waals surface area contributed by atoms with Crippen molar-refractivity contribution in [1.29, 1.82) is 0 Å². The number of piperidine rings is 1. The Morgan fingerprint density at radius 2 is 2.47 bits per heavy atom. The molecule has 1 aliphatic heterocycles. The predicted octanol–water partition coefficient (Wildman–Crippen LogP) is 1.24. The standard InChI is InChI=1S/C13H24N4/c1-16(10-13-9-15-17(2)11-13)7-5-12-4-3-6-14-8-12/h9,11-12,14H,3-8,10H2,1-2H3. The first kappa shape index (κ1) is 12.6. The summed E-state index contributed by atoms with van der Waals surface area (Å²) < 4.78 is 1.87. The second-order valence-electron chi connectivity index (χ2n) is 5.26. The largest absolute Gasteiger partial charge is 0.316 e. The van der Waals surface area contributed by atoms with E-state index in [2.05, 4.69) is 28.6 Å². The minimum Gasteiger partial charge on any atom is -0.316 e. The summed E-state index contributed by atoms with van der Waals surface area (Å²) in [6.07, 6.45) is 8.10. The lowest BCUT2D eigenvalue weighted by Crippen LogP contribution is -2.32. The Morgan fingerprint density at radius 1 is 1.59 bits per heavy atom. The van der Waals surface area contributed by atoms with E-state index in [1.54, 1.807) is 0 Å². The average Bonchev–Trinajstić information content (AvgIpc) is 2.73. The summed E-state index contributed by atoms with van der Waals surface area (Å²) in [5.41, 5.74) is 1.30. The molecule has 2 rings (SSSR count). The first-order valence-corrected chi connectivity index (χ1v) is 6.61. The van der Waals surface area contributed by atoms with Crippen molar-refractivity contribution >= 4 is 0 Å². The van der Waals surface area contributed by atoms with Gasteiger partial charge < -0.3 is 10.2 Å². The summed E-state index contributed by atoms with van der Waals surface area (Å²) in [6.45, 7) is 4.61. The van der Waals surface area contributed by atoms with Crippen molar-refractivity contribution in [2.45, 2.75) is 25.8 Å². The molecule has 1 unspecified atom stereocenters. The molecule has 1 aromatic heterocycles. The van der Waals surface area contributed by atoms with Crippen molar-refractivity contribution in [3.63, 3.8) is 0 Å². The monoisotopic (exact) mass is 236 g/mol. The Kier molecular flexibility index (Phi) is 4.57. The number of nitrogens with one attached hydrogen (secondary N) is 1. The van der Waals surface area contributed by atoms with Crippen molar-refractivity contribution in [2.24, 2.45) is 13.0 Å². The van der Waals surface area contributed by atoms with Gasteiger partial charge in [0, 0.05) is 25.4 Å². The number of hydrogen-bond donors (Lipinski definition) is 1. The molecule has 1 aliphatic rings. The fourth-order valence-electron chi connectivity index (χ4n) is 2.52. The van der Waals surface area contributed by atoms with Crippen LogP contribution in [0.4, 0.5) is 0 Å². The third kappa shape index (κ3) is 4.13. The first-order valence-electron chi connectivity index (χ1n) is 6.61. The highest BCUT2D eigenvalue weighted by Crippen LogP contribution is 2.14. The number of rotatable bonds is 5. The minimum absolute atomic E-state index is 0.875. The van der Waals surface area contributed by atoms with E-state index in [1.807, 2.05) is 17.9 Å². The molecule has 0 radical (unpaired) electrons. The van der Waals surface area contributed by atoms with Crippen LogP contribution in [0.5, 0.6) is 0 Å². The van der Waals surface area contributed by atoms with Crippen LogP contribution in [0, 0.1) is 5.92 Å². The Bertz CT molecular complexity index is 328. The van der Waals surface area contributed by atoms with E-state index in [1.165, 1.54) is 44.5 Å². The van der Waals surface area contributed by atoms with E-state index in [9.17, 15) is 0 Å². The predicted molar refractivity (Wildman–Crippen MR) is 69.8 cm³/mol. The second-order valence-corrected chi connectivity index (χ2v) is 5.26. The van der Waals surface area contributed by atoms with Gasteiger partial charge in [-0.15, -0.1) is 0 Å². The van der Waals surface area contributed by atoms with Crippen LogP contribution in [0.3, 0.4) is 0 Å². The van der Waals surface area contributed by atoms with Crippen molar-refractivity contribution in [2.75, 3.05) is 26.7 Å². The Morgan fingerprint density at radius 3 is 3.12 bits per heavy atom. The summed E-state index contributed by atoms with van der Waals surface area (Å²) >= 11 is 0. The molecule has 0 bridgehead atoms. The lowest BCUT2D eigenvalue weighted by atomic mass is 9.96. The van der Waals surface area contributed by atoms with Crippen LogP contribution in [-0.2, 0) is 13.6 Å². The van der Waals surface area contributed by atoms with E-state index in [0.717, 1.165) is 12.5 Å². The third-order valence-corrected chi connectivity index (χ3v) is 3.53. The fourth-order valence-corrected chi connectivity index (χ4v) is 2.52. The van der Waals surface area contributed by atoms with Crippen molar-refractivity contribution < 1.29 is 0 Å². The molecular weight excluding hydrogens is 212 g/mol. The molecule has 1 aromatic rings. The molecule has 1 N–H and O–H groups in total. The molecule has 0 aromatic carbocycles. The zero-order valence-corrected chi connectivity index (χ0v) is 11.0. The molecule has 0 spiro atoms. The summed E-state index contributed by atoms with van der Waals surface area (Å²) in [4.78, 5) is 2.39. The number of hydrogen-bond acceptors (Lipinski definition) is 3. The molecule has 0 saturated carbocycles. The normalized spacial score (nSPS) is 21.0. The van der Waals surface area contributed by atoms with Crippen LogP contribution < -0.4 is 5.32 Å². The summed E-state index contributed by atoms with van der Waals surface area (Å²) in [7, 11) is 4.17. The van der Waals surface area contributed by atoms with Crippen LogP contribution in [0.1, 0.15) is 24.8 Å². The van der Waals surface area contributed by atoms with Gasteiger partial charge in [-0.05, 0) is 51.9 Å². The van der Waals surface area contributed by atoms with Gasteiger partial charge in [-0.2, -0.15) is 5.10 Å². The SMILES string of the molecule is CN(CCC1CCCNC1)Cc1cnn(C)c1. The van der Waals surface area contributed by atoms with Gasteiger partial charge in [0.1, 0.15) is 0 Å². The van der Waals surface area contributed by atoms with Gasteiger partial charge in [-0.3, -0.25) is 4.68 Å².